The molecule has 0 fully saturated rings. The van der Waals surface area contributed by atoms with Gasteiger partial charge in [0.05, 0.1) is 5.52 Å². The van der Waals surface area contributed by atoms with Crippen LogP contribution in [0.15, 0.2) is 30.3 Å². The summed E-state index contributed by atoms with van der Waals surface area (Å²) in [5.74, 6) is 0. The first kappa shape index (κ1) is 15.4. The summed E-state index contributed by atoms with van der Waals surface area (Å²) < 4.78 is 0. The molecule has 2 atom stereocenters. The molecule has 2 unspecified atom stereocenters. The van der Waals surface area contributed by atoms with E-state index in [9.17, 15) is 0 Å². The first-order valence-corrected chi connectivity index (χ1v) is 8.65. The number of unbranched alkanes of at least 4 members (excludes halogenated alkanes) is 1. The molecular weight excluding hydrogens is 270 g/mol. The van der Waals surface area contributed by atoms with E-state index in [0.29, 0.717) is 6.04 Å². The second kappa shape index (κ2) is 7.21. The van der Waals surface area contributed by atoms with Gasteiger partial charge < -0.3 is 11.1 Å². The molecule has 1 aromatic heterocycles. The SMILES string of the molecule is CCCCC(N)CNC1CCCc2nc3ccccc3cc21. The van der Waals surface area contributed by atoms with Gasteiger partial charge in [-0.1, -0.05) is 38.0 Å². The predicted octanol–water partition coefficient (Wildman–Crippen LogP) is 3.72. The van der Waals surface area contributed by atoms with Crippen LogP contribution in [0.3, 0.4) is 0 Å². The number of para-hydroxylation sites is 1. The van der Waals surface area contributed by atoms with Gasteiger partial charge in [0.1, 0.15) is 0 Å². The number of hydrogen-bond donors (Lipinski definition) is 2. The number of fused-ring (bicyclic) bond motifs is 2. The van der Waals surface area contributed by atoms with Crippen LogP contribution in [-0.4, -0.2) is 17.6 Å². The Balaban J connectivity index is 1.74. The van der Waals surface area contributed by atoms with Gasteiger partial charge in [0.2, 0.25) is 0 Å². The van der Waals surface area contributed by atoms with Crippen molar-refractivity contribution in [3.05, 3.63) is 41.6 Å². The standard InChI is InChI=1S/C19H27N3/c1-2-3-8-15(20)13-21-18-10-6-11-19-16(18)12-14-7-4-5-9-17(14)22-19/h4-5,7,9,12,15,18,21H,2-3,6,8,10-11,13,20H2,1H3. The van der Waals surface area contributed by atoms with Crippen molar-refractivity contribution >= 4 is 10.9 Å². The third kappa shape index (κ3) is 3.47. The molecule has 0 aliphatic heterocycles. The van der Waals surface area contributed by atoms with Gasteiger partial charge in [-0.2, -0.15) is 0 Å². The lowest BCUT2D eigenvalue weighted by Crippen LogP contribution is -2.37. The van der Waals surface area contributed by atoms with Gasteiger partial charge in [0, 0.05) is 29.7 Å². The Morgan fingerprint density at radius 2 is 2.23 bits per heavy atom. The average molecular weight is 297 g/mol. The van der Waals surface area contributed by atoms with Crippen LogP contribution < -0.4 is 11.1 Å². The van der Waals surface area contributed by atoms with E-state index < -0.39 is 0 Å². The minimum atomic E-state index is 0.263. The molecule has 0 amide bonds. The van der Waals surface area contributed by atoms with Crippen LogP contribution in [-0.2, 0) is 6.42 Å². The number of nitrogens with one attached hydrogen (secondary N) is 1. The summed E-state index contributed by atoms with van der Waals surface area (Å²) in [6.45, 7) is 3.12. The Labute approximate surface area is 133 Å². The number of nitrogens with zero attached hydrogens (tertiary/aromatic N) is 1. The Morgan fingerprint density at radius 1 is 1.36 bits per heavy atom. The molecular formula is C19H27N3. The van der Waals surface area contributed by atoms with Crippen molar-refractivity contribution in [3.63, 3.8) is 0 Å². The molecule has 1 heterocycles. The second-order valence-corrected chi connectivity index (χ2v) is 6.47. The van der Waals surface area contributed by atoms with Crippen LogP contribution >= 0.6 is 0 Å². The van der Waals surface area contributed by atoms with Crippen LogP contribution in [0, 0.1) is 0 Å². The molecule has 2 aromatic rings. The number of benzene rings is 1. The first-order chi connectivity index (χ1) is 10.8. The molecule has 1 aliphatic rings. The van der Waals surface area contributed by atoms with Crippen molar-refractivity contribution < 1.29 is 0 Å². The zero-order chi connectivity index (χ0) is 15.4. The summed E-state index contributed by atoms with van der Waals surface area (Å²) in [6.07, 6.45) is 7.04. The number of nitrogens with two attached hydrogens (primary N) is 1. The number of aromatic nitrogens is 1. The molecule has 3 N–H and O–H groups in total. The maximum absolute atomic E-state index is 6.21. The third-order valence-corrected chi connectivity index (χ3v) is 4.67. The number of pyridine rings is 1. The van der Waals surface area contributed by atoms with E-state index in [-0.39, 0.29) is 6.04 Å². The van der Waals surface area contributed by atoms with E-state index in [1.165, 1.54) is 42.3 Å². The van der Waals surface area contributed by atoms with E-state index in [0.717, 1.165) is 24.9 Å². The molecule has 0 radical (unpaired) electrons. The molecule has 3 nitrogen and oxygen atoms in total. The molecule has 1 aliphatic carbocycles. The van der Waals surface area contributed by atoms with Crippen molar-refractivity contribution in [1.29, 1.82) is 0 Å². The summed E-state index contributed by atoms with van der Waals surface area (Å²) in [5.41, 5.74) is 9.97. The molecule has 0 saturated carbocycles. The Morgan fingerprint density at radius 3 is 3.09 bits per heavy atom. The highest BCUT2D eigenvalue weighted by Gasteiger charge is 2.22. The van der Waals surface area contributed by atoms with Crippen molar-refractivity contribution in [2.45, 2.75) is 57.5 Å². The van der Waals surface area contributed by atoms with Crippen molar-refractivity contribution in [2.24, 2.45) is 5.73 Å². The van der Waals surface area contributed by atoms with Gasteiger partial charge in [-0.05, 0) is 43.4 Å². The van der Waals surface area contributed by atoms with E-state index in [1.54, 1.807) is 0 Å². The van der Waals surface area contributed by atoms with Crippen LogP contribution in [0.1, 0.15) is 56.3 Å². The van der Waals surface area contributed by atoms with Gasteiger partial charge in [-0.25, -0.2) is 0 Å². The van der Waals surface area contributed by atoms with Crippen molar-refractivity contribution in [3.8, 4) is 0 Å². The van der Waals surface area contributed by atoms with Crippen LogP contribution in [0.2, 0.25) is 0 Å². The zero-order valence-corrected chi connectivity index (χ0v) is 13.5. The molecule has 0 spiro atoms. The van der Waals surface area contributed by atoms with E-state index in [4.69, 9.17) is 10.7 Å². The molecule has 3 heteroatoms. The molecule has 0 bridgehead atoms. The normalized spacial score (nSPS) is 19.1. The van der Waals surface area contributed by atoms with Crippen LogP contribution in [0.5, 0.6) is 0 Å². The highest BCUT2D eigenvalue weighted by atomic mass is 14.9. The van der Waals surface area contributed by atoms with E-state index >= 15 is 0 Å². The maximum Gasteiger partial charge on any atom is 0.0705 e. The quantitative estimate of drug-likeness (QED) is 0.854. The lowest BCUT2D eigenvalue weighted by molar-refractivity contribution is 0.424. The molecule has 118 valence electrons. The number of aryl methyl sites for hydroxylation is 1. The Kier molecular flexibility index (Phi) is 5.06. The summed E-state index contributed by atoms with van der Waals surface area (Å²) in [4.78, 5) is 4.87. The molecule has 3 rings (SSSR count). The Bertz CT molecular complexity index is 623. The second-order valence-electron chi connectivity index (χ2n) is 6.47. The number of hydrogen-bond acceptors (Lipinski definition) is 3. The Hall–Kier alpha value is -1.45. The predicted molar refractivity (Wildman–Crippen MR) is 92.9 cm³/mol. The van der Waals surface area contributed by atoms with Crippen LogP contribution in [0.25, 0.3) is 10.9 Å². The molecule has 22 heavy (non-hydrogen) atoms. The minimum Gasteiger partial charge on any atom is -0.327 e. The number of rotatable bonds is 6. The van der Waals surface area contributed by atoms with Crippen LogP contribution in [0.4, 0.5) is 0 Å². The topological polar surface area (TPSA) is 50.9 Å². The summed E-state index contributed by atoms with van der Waals surface area (Å²) in [6, 6.07) is 11.4. The fraction of sp³-hybridized carbons (Fsp3) is 0.526. The first-order valence-electron chi connectivity index (χ1n) is 8.65. The third-order valence-electron chi connectivity index (χ3n) is 4.67. The monoisotopic (exact) mass is 297 g/mol. The largest absolute Gasteiger partial charge is 0.327 e. The van der Waals surface area contributed by atoms with Gasteiger partial charge in [-0.3, -0.25) is 4.98 Å². The van der Waals surface area contributed by atoms with Gasteiger partial charge >= 0.3 is 0 Å². The summed E-state index contributed by atoms with van der Waals surface area (Å²) in [5, 5.41) is 4.93. The average Bonchev–Trinajstić information content (AvgIpc) is 2.56. The maximum atomic E-state index is 6.21. The van der Waals surface area contributed by atoms with Gasteiger partial charge in [0.15, 0.2) is 0 Å². The fourth-order valence-corrected chi connectivity index (χ4v) is 3.38. The van der Waals surface area contributed by atoms with Gasteiger partial charge in [-0.15, -0.1) is 0 Å². The van der Waals surface area contributed by atoms with E-state index in [2.05, 4.69) is 42.6 Å². The van der Waals surface area contributed by atoms with Crippen molar-refractivity contribution in [2.75, 3.05) is 6.54 Å². The lowest BCUT2D eigenvalue weighted by atomic mass is 9.90. The molecule has 0 saturated heterocycles. The van der Waals surface area contributed by atoms with Gasteiger partial charge in [0.25, 0.3) is 0 Å². The highest BCUT2D eigenvalue weighted by molar-refractivity contribution is 5.79. The molecule has 1 aromatic carbocycles. The smallest absolute Gasteiger partial charge is 0.0705 e. The summed E-state index contributed by atoms with van der Waals surface area (Å²) >= 11 is 0. The zero-order valence-electron chi connectivity index (χ0n) is 13.5. The van der Waals surface area contributed by atoms with Crippen molar-refractivity contribution in [1.82, 2.24) is 10.3 Å². The lowest BCUT2D eigenvalue weighted by Gasteiger charge is -2.27. The highest BCUT2D eigenvalue weighted by Crippen LogP contribution is 2.31. The van der Waals surface area contributed by atoms with E-state index in [1.807, 2.05) is 0 Å². The fourth-order valence-electron chi connectivity index (χ4n) is 3.38. The minimum absolute atomic E-state index is 0.263. The summed E-state index contributed by atoms with van der Waals surface area (Å²) in [7, 11) is 0.